The molecule has 11 heteroatoms. The van der Waals surface area contributed by atoms with Gasteiger partial charge in [-0.05, 0) is 11.6 Å². The predicted octanol–water partition coefficient (Wildman–Crippen LogP) is 1.75. The van der Waals surface area contributed by atoms with Crippen molar-refractivity contribution >= 4 is 23.5 Å². The van der Waals surface area contributed by atoms with E-state index >= 15 is 0 Å². The number of methoxy groups -OCH3 is 3. The molecule has 1 unspecified atom stereocenters. The first kappa shape index (κ1) is 24.4. The van der Waals surface area contributed by atoms with Crippen LogP contribution in [0.3, 0.4) is 0 Å². The number of aliphatic carboxylic acids is 1. The average Bonchev–Trinajstić information content (AvgIpc) is 2.77. The monoisotopic (exact) mass is 458 g/mol. The summed E-state index contributed by atoms with van der Waals surface area (Å²) >= 11 is 6.49. The number of rotatable bonds is 10. The van der Waals surface area contributed by atoms with Gasteiger partial charge in [-0.1, -0.05) is 11.6 Å². The van der Waals surface area contributed by atoms with Crippen LogP contribution in [-0.2, 0) is 19.1 Å². The number of ether oxygens (including phenoxy) is 4. The maximum Gasteiger partial charge on any atom is 0.336 e. The van der Waals surface area contributed by atoms with Crippen LogP contribution in [0.15, 0.2) is 34.7 Å². The Morgan fingerprint density at radius 2 is 1.90 bits per heavy atom. The number of carbonyl (C=O) groups excluding carboxylic acids is 1. The van der Waals surface area contributed by atoms with Gasteiger partial charge in [-0.25, -0.2) is 14.0 Å². The number of allylic oxidation sites excluding steroid dienone is 1. The smallest absolute Gasteiger partial charge is 0.336 e. The Labute approximate surface area is 183 Å². The fourth-order valence-electron chi connectivity index (χ4n) is 3.27. The lowest BCUT2D eigenvalue weighted by Gasteiger charge is -2.31. The summed E-state index contributed by atoms with van der Waals surface area (Å²) in [5.41, 5.74) is 4.99. The number of nitrogens with two attached hydrogens (primary N) is 1. The van der Waals surface area contributed by atoms with Crippen LogP contribution < -0.4 is 20.5 Å². The van der Waals surface area contributed by atoms with Crippen LogP contribution >= 0.6 is 11.6 Å². The van der Waals surface area contributed by atoms with Crippen LogP contribution in [0.1, 0.15) is 11.5 Å². The van der Waals surface area contributed by atoms with Gasteiger partial charge < -0.3 is 35.1 Å². The fourth-order valence-corrected chi connectivity index (χ4v) is 3.57. The number of alkyl halides is 1. The second-order valence-corrected chi connectivity index (χ2v) is 6.72. The third-order valence-corrected chi connectivity index (χ3v) is 5.02. The number of halogens is 2. The van der Waals surface area contributed by atoms with Crippen molar-refractivity contribution < 1.29 is 38.0 Å². The molecule has 0 radical (unpaired) electrons. The minimum Gasteiger partial charge on any atom is -0.497 e. The summed E-state index contributed by atoms with van der Waals surface area (Å²) in [5, 5.41) is 12.7. The topological polar surface area (TPSA) is 129 Å². The summed E-state index contributed by atoms with van der Waals surface area (Å²) in [7, 11) is 3.88. The number of carboxylic acids is 1. The lowest BCUT2D eigenvalue weighted by atomic mass is 9.80. The molecule has 0 spiro atoms. The third-order valence-electron chi connectivity index (χ3n) is 4.61. The van der Waals surface area contributed by atoms with Gasteiger partial charge >= 0.3 is 11.9 Å². The van der Waals surface area contributed by atoms with E-state index in [9.17, 15) is 19.1 Å². The van der Waals surface area contributed by atoms with E-state index in [1.54, 1.807) is 0 Å². The Morgan fingerprint density at radius 1 is 1.19 bits per heavy atom. The highest BCUT2D eigenvalue weighted by atomic mass is 35.5. The van der Waals surface area contributed by atoms with Crippen molar-refractivity contribution in [2.75, 3.05) is 47.8 Å². The normalized spacial score (nSPS) is 16.1. The Morgan fingerprint density at radius 3 is 2.42 bits per heavy atom. The van der Waals surface area contributed by atoms with Crippen LogP contribution in [0.2, 0.25) is 5.02 Å². The molecule has 0 amide bonds. The zero-order valence-electron chi connectivity index (χ0n) is 17.3. The standard InChI is InChI=1S/C20H24ClFN2O7/c1-28-10-6-11(18(21)14(7-10)29-2)15-16(19(25)26)13(9-31-5-4-23)24-12(8-22)17(15)20(27)30-3/h6-7,15,24H,4-5,8-9,23H2,1-3H3,(H,25,26). The number of hydrogen-bond acceptors (Lipinski definition) is 8. The zero-order valence-corrected chi connectivity index (χ0v) is 18.0. The Kier molecular flexibility index (Phi) is 8.66. The maximum absolute atomic E-state index is 14.0. The summed E-state index contributed by atoms with van der Waals surface area (Å²) in [6.45, 7) is -0.939. The quantitative estimate of drug-likeness (QED) is 0.354. The molecule has 1 aliphatic heterocycles. The van der Waals surface area contributed by atoms with Gasteiger partial charge in [0.15, 0.2) is 0 Å². The molecule has 0 saturated carbocycles. The molecule has 31 heavy (non-hydrogen) atoms. The predicted molar refractivity (Wildman–Crippen MR) is 110 cm³/mol. The number of carbonyl (C=O) groups is 2. The number of nitrogens with one attached hydrogen (secondary N) is 1. The van der Waals surface area contributed by atoms with Crippen LogP contribution in [0.4, 0.5) is 4.39 Å². The second-order valence-electron chi connectivity index (χ2n) is 6.35. The highest BCUT2D eigenvalue weighted by Gasteiger charge is 2.40. The van der Waals surface area contributed by atoms with Crippen molar-refractivity contribution in [3.8, 4) is 11.5 Å². The van der Waals surface area contributed by atoms with Gasteiger partial charge in [0.1, 0.15) is 18.2 Å². The summed E-state index contributed by atoms with van der Waals surface area (Å²) in [5.74, 6) is -3.08. The van der Waals surface area contributed by atoms with Crippen molar-refractivity contribution in [2.24, 2.45) is 5.73 Å². The van der Waals surface area contributed by atoms with Crippen molar-refractivity contribution in [2.45, 2.75) is 5.92 Å². The molecule has 0 aliphatic carbocycles. The second kappa shape index (κ2) is 11.0. The largest absolute Gasteiger partial charge is 0.497 e. The van der Waals surface area contributed by atoms with Crippen molar-refractivity contribution in [3.05, 3.63) is 45.3 Å². The molecule has 2 rings (SSSR count). The first-order valence-corrected chi connectivity index (χ1v) is 9.52. The highest BCUT2D eigenvalue weighted by Crippen LogP contribution is 2.45. The highest BCUT2D eigenvalue weighted by molar-refractivity contribution is 6.33. The van der Waals surface area contributed by atoms with Crippen LogP contribution in [0.5, 0.6) is 11.5 Å². The van der Waals surface area contributed by atoms with E-state index in [0.29, 0.717) is 5.75 Å². The molecular formula is C20H24ClFN2O7. The minimum absolute atomic E-state index is 0.0378. The minimum atomic E-state index is -1.36. The van der Waals surface area contributed by atoms with E-state index in [1.807, 2.05) is 0 Å². The van der Waals surface area contributed by atoms with Gasteiger partial charge in [-0.3, -0.25) is 0 Å². The lowest BCUT2D eigenvalue weighted by Crippen LogP contribution is -2.36. The molecule has 1 aliphatic rings. The SMILES string of the molecule is COC(=O)C1=C(CF)NC(COCCN)=C(C(=O)O)C1c1cc(OC)cc(OC)c1Cl. The Bertz CT molecular complexity index is 917. The van der Waals surface area contributed by atoms with Crippen LogP contribution in [0, 0.1) is 0 Å². The Balaban J connectivity index is 2.84. The van der Waals surface area contributed by atoms with Gasteiger partial charge in [0.05, 0.1) is 68.0 Å². The van der Waals surface area contributed by atoms with Crippen LogP contribution in [-0.4, -0.2) is 64.8 Å². The lowest BCUT2D eigenvalue weighted by molar-refractivity contribution is -0.136. The van der Waals surface area contributed by atoms with Crippen molar-refractivity contribution in [1.29, 1.82) is 0 Å². The molecule has 9 nitrogen and oxygen atoms in total. The molecule has 170 valence electrons. The molecule has 0 bridgehead atoms. The molecular weight excluding hydrogens is 435 g/mol. The van der Waals surface area contributed by atoms with E-state index < -0.39 is 24.5 Å². The first-order chi connectivity index (χ1) is 14.8. The number of carboxylic acid groups (broad SMARTS) is 1. The molecule has 0 saturated heterocycles. The van der Waals surface area contributed by atoms with Gasteiger partial charge in [-0.2, -0.15) is 0 Å². The number of benzene rings is 1. The Hall–Kier alpha value is -2.82. The maximum atomic E-state index is 14.0. The molecule has 1 aromatic rings. The van der Waals surface area contributed by atoms with E-state index in [1.165, 1.54) is 26.4 Å². The van der Waals surface area contributed by atoms with Gasteiger partial charge in [0.2, 0.25) is 0 Å². The van der Waals surface area contributed by atoms with E-state index in [-0.39, 0.29) is 58.6 Å². The summed E-state index contributed by atoms with van der Waals surface area (Å²) in [6, 6.07) is 2.96. The number of dihydropyridines is 1. The molecule has 1 aromatic carbocycles. The molecule has 1 atom stereocenters. The van der Waals surface area contributed by atoms with E-state index in [2.05, 4.69) is 5.32 Å². The van der Waals surface area contributed by atoms with Crippen molar-refractivity contribution in [3.63, 3.8) is 0 Å². The van der Waals surface area contributed by atoms with E-state index in [0.717, 1.165) is 7.11 Å². The molecule has 4 N–H and O–H groups in total. The first-order valence-electron chi connectivity index (χ1n) is 9.14. The number of hydrogen-bond donors (Lipinski definition) is 3. The zero-order chi connectivity index (χ0) is 23.1. The van der Waals surface area contributed by atoms with Crippen molar-refractivity contribution in [1.82, 2.24) is 5.32 Å². The molecule has 0 aromatic heterocycles. The fraction of sp³-hybridized carbons (Fsp3) is 0.400. The van der Waals surface area contributed by atoms with Gasteiger partial charge in [0, 0.05) is 12.6 Å². The summed E-state index contributed by atoms with van der Waals surface area (Å²) < 4.78 is 34.7. The van der Waals surface area contributed by atoms with E-state index in [4.69, 9.17) is 36.3 Å². The summed E-state index contributed by atoms with van der Waals surface area (Å²) in [6.07, 6.45) is 0. The summed E-state index contributed by atoms with van der Waals surface area (Å²) in [4.78, 5) is 24.9. The number of esters is 1. The molecule has 1 heterocycles. The molecule has 0 fully saturated rings. The average molecular weight is 459 g/mol. The third kappa shape index (κ3) is 5.09. The van der Waals surface area contributed by atoms with Crippen LogP contribution in [0.25, 0.3) is 0 Å². The van der Waals surface area contributed by atoms with Gasteiger partial charge in [0.25, 0.3) is 0 Å². The van der Waals surface area contributed by atoms with Gasteiger partial charge in [-0.15, -0.1) is 0 Å².